The molecule has 0 aromatic carbocycles. The standard InChI is InChI=1S/C10H15NO/c1-10(2)5-3-6-8(7(10)4-5)11-9(6)12/h5-8H,3-4H2,1-2H3,(H,11,12)/t5-,6-,7-,8-/m0/s1. The molecule has 2 nitrogen and oxygen atoms in total. The first-order valence-electron chi connectivity index (χ1n) is 4.91. The van der Waals surface area contributed by atoms with E-state index in [9.17, 15) is 4.79 Å². The van der Waals surface area contributed by atoms with Gasteiger partial charge in [-0.1, -0.05) is 13.8 Å². The van der Waals surface area contributed by atoms with Crippen molar-refractivity contribution in [3.8, 4) is 0 Å². The Labute approximate surface area is 72.7 Å². The summed E-state index contributed by atoms with van der Waals surface area (Å²) in [5.41, 5.74) is 0.509. The summed E-state index contributed by atoms with van der Waals surface area (Å²) in [5, 5.41) is 3.05. The van der Waals surface area contributed by atoms with E-state index in [1.807, 2.05) is 0 Å². The van der Waals surface area contributed by atoms with Crippen LogP contribution in [0.5, 0.6) is 0 Å². The molecule has 2 heteroatoms. The molecule has 4 aliphatic rings. The van der Waals surface area contributed by atoms with Crippen LogP contribution in [0.2, 0.25) is 0 Å². The lowest BCUT2D eigenvalue weighted by Crippen LogP contribution is -2.72. The summed E-state index contributed by atoms with van der Waals surface area (Å²) in [7, 11) is 0. The fourth-order valence-electron chi connectivity index (χ4n) is 3.45. The number of carbonyl (C=O) groups excluding carboxylic acids is 1. The highest BCUT2D eigenvalue weighted by Gasteiger charge is 2.63. The lowest BCUT2D eigenvalue weighted by atomic mass is 9.43. The highest BCUT2D eigenvalue weighted by molar-refractivity contribution is 5.86. The number of rotatable bonds is 0. The quantitative estimate of drug-likeness (QED) is 0.536. The van der Waals surface area contributed by atoms with E-state index in [4.69, 9.17) is 0 Å². The average Bonchev–Trinajstić information content (AvgIpc) is 2.01. The van der Waals surface area contributed by atoms with Gasteiger partial charge < -0.3 is 5.32 Å². The maximum absolute atomic E-state index is 11.1. The fraction of sp³-hybridized carbons (Fsp3) is 0.900. The van der Waals surface area contributed by atoms with Crippen molar-refractivity contribution in [1.82, 2.24) is 5.32 Å². The minimum Gasteiger partial charge on any atom is -0.352 e. The summed E-state index contributed by atoms with van der Waals surface area (Å²) < 4.78 is 0. The molecular weight excluding hydrogens is 150 g/mol. The van der Waals surface area contributed by atoms with Gasteiger partial charge in [0.2, 0.25) is 5.91 Å². The van der Waals surface area contributed by atoms with E-state index in [-0.39, 0.29) is 0 Å². The maximum Gasteiger partial charge on any atom is 0.225 e. The zero-order valence-corrected chi connectivity index (χ0v) is 7.63. The van der Waals surface area contributed by atoms with E-state index in [0.717, 1.165) is 18.3 Å². The fourth-order valence-corrected chi connectivity index (χ4v) is 3.45. The lowest BCUT2D eigenvalue weighted by Gasteiger charge is -2.65. The first-order chi connectivity index (χ1) is 5.60. The van der Waals surface area contributed by atoms with Crippen LogP contribution in [0.4, 0.5) is 0 Å². The average molecular weight is 165 g/mol. The zero-order chi connectivity index (χ0) is 8.51. The molecule has 1 N–H and O–H groups in total. The lowest BCUT2D eigenvalue weighted by molar-refractivity contribution is -0.171. The highest BCUT2D eigenvalue weighted by atomic mass is 16.2. The van der Waals surface area contributed by atoms with Gasteiger partial charge in [-0.05, 0) is 30.1 Å². The van der Waals surface area contributed by atoms with Gasteiger partial charge in [-0.25, -0.2) is 0 Å². The van der Waals surface area contributed by atoms with E-state index < -0.39 is 0 Å². The molecule has 4 rings (SSSR count). The molecule has 0 aromatic heterocycles. The largest absolute Gasteiger partial charge is 0.352 e. The highest BCUT2D eigenvalue weighted by Crippen LogP contribution is 2.62. The molecule has 2 bridgehead atoms. The Kier molecular flexibility index (Phi) is 0.984. The van der Waals surface area contributed by atoms with Gasteiger partial charge in [0, 0.05) is 6.04 Å². The number of nitrogens with one attached hydrogen (secondary N) is 1. The summed E-state index contributed by atoms with van der Waals surface area (Å²) >= 11 is 0. The Bertz CT molecular complexity index is 259. The Morgan fingerprint density at radius 2 is 2.17 bits per heavy atom. The van der Waals surface area contributed by atoms with Crippen LogP contribution in [0.3, 0.4) is 0 Å². The zero-order valence-electron chi connectivity index (χ0n) is 7.63. The second-order valence-corrected chi connectivity index (χ2v) is 5.24. The number of carbonyl (C=O) groups is 1. The molecule has 66 valence electrons. The predicted molar refractivity (Wildman–Crippen MR) is 45.4 cm³/mol. The number of hydrogen-bond acceptors (Lipinski definition) is 1. The second kappa shape index (κ2) is 1.70. The molecule has 1 saturated heterocycles. The minimum atomic E-state index is 0.310. The molecule has 1 aliphatic heterocycles. The molecular formula is C10H15NO. The Morgan fingerprint density at radius 3 is 2.67 bits per heavy atom. The molecule has 1 heterocycles. The van der Waals surface area contributed by atoms with Crippen molar-refractivity contribution in [3.05, 3.63) is 0 Å². The van der Waals surface area contributed by atoms with Crippen LogP contribution in [0.15, 0.2) is 0 Å². The summed E-state index contributed by atoms with van der Waals surface area (Å²) in [5.74, 6) is 2.31. The van der Waals surface area contributed by atoms with Crippen molar-refractivity contribution in [1.29, 1.82) is 0 Å². The van der Waals surface area contributed by atoms with Gasteiger partial charge in [-0.3, -0.25) is 4.79 Å². The van der Waals surface area contributed by atoms with E-state index in [1.165, 1.54) is 6.42 Å². The molecule has 0 spiro atoms. The van der Waals surface area contributed by atoms with Crippen molar-refractivity contribution in [3.63, 3.8) is 0 Å². The number of hydrogen-bond donors (Lipinski definition) is 1. The van der Waals surface area contributed by atoms with Crippen molar-refractivity contribution < 1.29 is 4.79 Å². The van der Waals surface area contributed by atoms with Gasteiger partial charge in [0.15, 0.2) is 0 Å². The maximum atomic E-state index is 11.1. The minimum absolute atomic E-state index is 0.310. The SMILES string of the molecule is CC1(C)[C@H]2C[C@@H]3C(=O)N[C@@H]3[C@@H]1C2. The molecule has 4 fully saturated rings. The van der Waals surface area contributed by atoms with Gasteiger partial charge in [-0.15, -0.1) is 0 Å². The van der Waals surface area contributed by atoms with Crippen molar-refractivity contribution >= 4 is 5.91 Å². The molecule has 1 amide bonds. The normalized spacial score (nSPS) is 53.0. The molecule has 0 radical (unpaired) electrons. The van der Waals surface area contributed by atoms with E-state index >= 15 is 0 Å². The third-order valence-corrected chi connectivity index (χ3v) is 4.60. The first-order valence-corrected chi connectivity index (χ1v) is 4.91. The third-order valence-electron chi connectivity index (χ3n) is 4.60. The summed E-state index contributed by atoms with van der Waals surface area (Å²) in [6.07, 6.45) is 2.51. The van der Waals surface area contributed by atoms with Crippen LogP contribution in [-0.4, -0.2) is 11.9 Å². The number of amides is 1. The smallest absolute Gasteiger partial charge is 0.225 e. The van der Waals surface area contributed by atoms with E-state index in [2.05, 4.69) is 19.2 Å². The van der Waals surface area contributed by atoms with Crippen LogP contribution in [0.25, 0.3) is 0 Å². The molecule has 4 atom stereocenters. The summed E-state index contributed by atoms with van der Waals surface area (Å²) in [6.45, 7) is 4.71. The van der Waals surface area contributed by atoms with Gasteiger partial charge >= 0.3 is 0 Å². The molecule has 3 saturated carbocycles. The monoisotopic (exact) mass is 165 g/mol. The van der Waals surface area contributed by atoms with Crippen molar-refractivity contribution in [2.24, 2.45) is 23.2 Å². The van der Waals surface area contributed by atoms with E-state index in [1.54, 1.807) is 0 Å². The second-order valence-electron chi connectivity index (χ2n) is 5.24. The van der Waals surface area contributed by atoms with Crippen LogP contribution in [0, 0.1) is 23.2 Å². The Hall–Kier alpha value is -0.530. The van der Waals surface area contributed by atoms with E-state index in [0.29, 0.717) is 23.3 Å². The molecule has 3 aliphatic carbocycles. The Morgan fingerprint density at radius 1 is 1.42 bits per heavy atom. The topological polar surface area (TPSA) is 29.1 Å². The third kappa shape index (κ3) is 0.540. The van der Waals surface area contributed by atoms with Crippen LogP contribution in [0.1, 0.15) is 26.7 Å². The first kappa shape index (κ1) is 6.93. The van der Waals surface area contributed by atoms with Gasteiger partial charge in [0.1, 0.15) is 0 Å². The number of β-lactam (4-membered cyclic amide) rings is 1. The van der Waals surface area contributed by atoms with Gasteiger partial charge in [0.05, 0.1) is 5.92 Å². The van der Waals surface area contributed by atoms with Crippen molar-refractivity contribution in [2.45, 2.75) is 32.7 Å². The molecule has 0 aromatic rings. The van der Waals surface area contributed by atoms with Crippen LogP contribution < -0.4 is 5.32 Å². The van der Waals surface area contributed by atoms with Crippen LogP contribution >= 0.6 is 0 Å². The molecule has 0 unspecified atom stereocenters. The van der Waals surface area contributed by atoms with Gasteiger partial charge in [0.25, 0.3) is 0 Å². The van der Waals surface area contributed by atoms with Gasteiger partial charge in [-0.2, -0.15) is 0 Å². The summed E-state index contributed by atoms with van der Waals surface area (Å²) in [6, 6.07) is 0.539. The molecule has 12 heavy (non-hydrogen) atoms. The summed E-state index contributed by atoms with van der Waals surface area (Å²) in [4.78, 5) is 11.1. The predicted octanol–water partition coefficient (Wildman–Crippen LogP) is 1.17. The van der Waals surface area contributed by atoms with Crippen LogP contribution in [-0.2, 0) is 4.79 Å². The Balaban J connectivity index is 1.89. The van der Waals surface area contributed by atoms with Crippen molar-refractivity contribution in [2.75, 3.05) is 0 Å².